The molecule has 0 aromatic heterocycles. The zero-order valence-electron chi connectivity index (χ0n) is 14.6. The molecule has 27 heavy (non-hydrogen) atoms. The standard InChI is InChI=1S/C18H17BrCl2N2O4/c1-3-26-16-8-11(9-22-23-18(24)25-2)7-13(19)17(16)27-10-12-14(20)5-4-6-15(12)21/h4-9H,3,10H2,1-2H3,(H,23,24)/b22-9+. The number of nitrogens with one attached hydrogen (secondary N) is 1. The van der Waals surface area contributed by atoms with Crippen LogP contribution in [0.1, 0.15) is 18.1 Å². The number of hydrogen-bond acceptors (Lipinski definition) is 5. The van der Waals surface area contributed by atoms with Crippen LogP contribution in [0.5, 0.6) is 11.5 Å². The van der Waals surface area contributed by atoms with E-state index in [1.54, 1.807) is 30.3 Å². The molecule has 9 heteroatoms. The molecule has 0 bridgehead atoms. The Morgan fingerprint density at radius 3 is 2.59 bits per heavy atom. The van der Waals surface area contributed by atoms with E-state index >= 15 is 0 Å². The molecule has 0 aliphatic carbocycles. The molecule has 2 aromatic carbocycles. The predicted octanol–water partition coefficient (Wildman–Crippen LogP) is 5.42. The van der Waals surface area contributed by atoms with Crippen molar-refractivity contribution in [1.29, 1.82) is 0 Å². The molecule has 0 radical (unpaired) electrons. The van der Waals surface area contributed by atoms with Crippen molar-refractivity contribution >= 4 is 51.4 Å². The molecule has 1 N–H and O–H groups in total. The van der Waals surface area contributed by atoms with Crippen LogP contribution in [0.4, 0.5) is 4.79 Å². The summed E-state index contributed by atoms with van der Waals surface area (Å²) < 4.78 is 16.7. The lowest BCUT2D eigenvalue weighted by molar-refractivity contribution is 0.171. The van der Waals surface area contributed by atoms with Gasteiger partial charge in [-0.15, -0.1) is 0 Å². The Bertz CT molecular complexity index is 826. The van der Waals surface area contributed by atoms with Gasteiger partial charge in [-0.2, -0.15) is 5.10 Å². The minimum Gasteiger partial charge on any atom is -0.490 e. The van der Waals surface area contributed by atoms with Gasteiger partial charge in [-0.25, -0.2) is 10.2 Å². The predicted molar refractivity (Wildman–Crippen MR) is 109 cm³/mol. The van der Waals surface area contributed by atoms with Gasteiger partial charge in [-0.3, -0.25) is 0 Å². The second-order valence-electron chi connectivity index (χ2n) is 5.11. The van der Waals surface area contributed by atoms with E-state index in [1.807, 2.05) is 6.92 Å². The monoisotopic (exact) mass is 474 g/mol. The Labute approximate surface area is 175 Å². The highest BCUT2D eigenvalue weighted by atomic mass is 79.9. The number of ether oxygens (including phenoxy) is 3. The van der Waals surface area contributed by atoms with E-state index in [2.05, 4.69) is 31.2 Å². The van der Waals surface area contributed by atoms with Gasteiger partial charge in [-0.05, 0) is 52.7 Å². The van der Waals surface area contributed by atoms with Crippen LogP contribution in [0.15, 0.2) is 39.9 Å². The zero-order chi connectivity index (χ0) is 19.8. The summed E-state index contributed by atoms with van der Waals surface area (Å²) in [7, 11) is 1.26. The third-order valence-corrected chi connectivity index (χ3v) is 4.61. The number of carbonyl (C=O) groups is 1. The molecule has 0 spiro atoms. The highest BCUT2D eigenvalue weighted by Crippen LogP contribution is 2.38. The fourth-order valence-corrected chi connectivity index (χ4v) is 3.17. The summed E-state index contributed by atoms with van der Waals surface area (Å²) in [6.07, 6.45) is 0.797. The number of nitrogens with zero attached hydrogens (tertiary/aromatic N) is 1. The van der Waals surface area contributed by atoms with E-state index in [0.717, 1.165) is 0 Å². The van der Waals surface area contributed by atoms with Crippen molar-refractivity contribution in [2.75, 3.05) is 13.7 Å². The van der Waals surface area contributed by atoms with Crippen LogP contribution >= 0.6 is 39.1 Å². The molecule has 0 aliphatic rings. The largest absolute Gasteiger partial charge is 0.490 e. The molecular formula is C18H17BrCl2N2O4. The van der Waals surface area contributed by atoms with Gasteiger partial charge in [0.1, 0.15) is 6.61 Å². The number of methoxy groups -OCH3 is 1. The highest BCUT2D eigenvalue weighted by molar-refractivity contribution is 9.10. The lowest BCUT2D eigenvalue weighted by Gasteiger charge is -2.15. The average molecular weight is 476 g/mol. The van der Waals surface area contributed by atoms with Crippen LogP contribution in [0.3, 0.4) is 0 Å². The van der Waals surface area contributed by atoms with E-state index in [1.165, 1.54) is 13.3 Å². The fourth-order valence-electron chi connectivity index (χ4n) is 2.09. The van der Waals surface area contributed by atoms with Gasteiger partial charge in [0.2, 0.25) is 0 Å². The van der Waals surface area contributed by atoms with Gasteiger partial charge in [0.25, 0.3) is 0 Å². The molecule has 0 aliphatic heterocycles. The van der Waals surface area contributed by atoms with Crippen LogP contribution in [-0.2, 0) is 11.3 Å². The molecule has 6 nitrogen and oxygen atoms in total. The first-order valence-corrected chi connectivity index (χ1v) is 9.40. The van der Waals surface area contributed by atoms with Crippen LogP contribution in [0, 0.1) is 0 Å². The first kappa shape index (κ1) is 21.3. The number of hydrogen-bond donors (Lipinski definition) is 1. The van der Waals surface area contributed by atoms with Gasteiger partial charge < -0.3 is 14.2 Å². The van der Waals surface area contributed by atoms with Gasteiger partial charge in [0, 0.05) is 15.6 Å². The maximum Gasteiger partial charge on any atom is 0.427 e. The Kier molecular flexibility index (Phi) is 8.22. The van der Waals surface area contributed by atoms with Crippen LogP contribution in [0.25, 0.3) is 0 Å². The summed E-state index contributed by atoms with van der Waals surface area (Å²) in [5.74, 6) is 1.01. The van der Waals surface area contributed by atoms with Gasteiger partial charge in [-0.1, -0.05) is 29.3 Å². The number of hydrazone groups is 1. The van der Waals surface area contributed by atoms with Crippen molar-refractivity contribution in [3.8, 4) is 11.5 Å². The molecule has 0 heterocycles. The second-order valence-corrected chi connectivity index (χ2v) is 6.78. The lowest BCUT2D eigenvalue weighted by atomic mass is 10.2. The molecule has 0 fully saturated rings. The normalized spacial score (nSPS) is 10.7. The number of halogens is 3. The number of rotatable bonds is 7. The van der Waals surface area contributed by atoms with Gasteiger partial charge >= 0.3 is 6.09 Å². The number of benzene rings is 2. The minimum absolute atomic E-state index is 0.175. The van der Waals surface area contributed by atoms with E-state index < -0.39 is 6.09 Å². The third-order valence-electron chi connectivity index (χ3n) is 3.31. The van der Waals surface area contributed by atoms with Crippen LogP contribution in [0.2, 0.25) is 10.0 Å². The van der Waals surface area contributed by atoms with Crippen LogP contribution in [-0.4, -0.2) is 26.0 Å². The molecule has 0 atom stereocenters. The zero-order valence-corrected chi connectivity index (χ0v) is 17.7. The van der Waals surface area contributed by atoms with E-state index in [-0.39, 0.29) is 6.61 Å². The van der Waals surface area contributed by atoms with Crippen molar-refractivity contribution in [3.63, 3.8) is 0 Å². The Balaban J connectivity index is 2.24. The van der Waals surface area contributed by atoms with Crippen LogP contribution < -0.4 is 14.9 Å². The summed E-state index contributed by atoms with van der Waals surface area (Å²) in [5.41, 5.74) is 3.59. The van der Waals surface area contributed by atoms with Crippen molar-refractivity contribution < 1.29 is 19.0 Å². The maximum atomic E-state index is 11.0. The average Bonchev–Trinajstić information content (AvgIpc) is 2.63. The Morgan fingerprint density at radius 1 is 1.26 bits per heavy atom. The quantitative estimate of drug-likeness (QED) is 0.428. The first-order valence-electron chi connectivity index (χ1n) is 7.85. The molecule has 144 valence electrons. The topological polar surface area (TPSA) is 69.2 Å². The van der Waals surface area contributed by atoms with Crippen molar-refractivity contribution in [2.24, 2.45) is 5.10 Å². The summed E-state index contributed by atoms with van der Waals surface area (Å²) >= 11 is 15.8. The van der Waals surface area contributed by atoms with Gasteiger partial charge in [0.15, 0.2) is 11.5 Å². The van der Waals surface area contributed by atoms with Gasteiger partial charge in [0.05, 0.1) is 24.4 Å². The van der Waals surface area contributed by atoms with E-state index in [9.17, 15) is 4.79 Å². The second kappa shape index (κ2) is 10.4. The maximum absolute atomic E-state index is 11.0. The molecule has 1 amide bonds. The molecule has 0 saturated heterocycles. The van der Waals surface area contributed by atoms with Crippen molar-refractivity contribution in [1.82, 2.24) is 5.43 Å². The summed E-state index contributed by atoms with van der Waals surface area (Å²) in [4.78, 5) is 11.0. The highest BCUT2D eigenvalue weighted by Gasteiger charge is 2.14. The Hall–Kier alpha value is -1.96. The SMILES string of the molecule is CCOc1cc(/C=N/NC(=O)OC)cc(Br)c1OCc1c(Cl)cccc1Cl. The summed E-state index contributed by atoms with van der Waals surface area (Å²) in [6, 6.07) is 8.78. The smallest absolute Gasteiger partial charge is 0.427 e. The van der Waals surface area contributed by atoms with E-state index in [0.29, 0.717) is 43.8 Å². The molecule has 2 aromatic rings. The fraction of sp³-hybridized carbons (Fsp3) is 0.222. The number of amides is 1. The molecule has 0 saturated carbocycles. The molecular weight excluding hydrogens is 459 g/mol. The lowest BCUT2D eigenvalue weighted by Crippen LogP contribution is -2.16. The molecule has 0 unspecified atom stereocenters. The Morgan fingerprint density at radius 2 is 1.96 bits per heavy atom. The summed E-state index contributed by atoms with van der Waals surface area (Å²) in [5, 5.41) is 4.84. The minimum atomic E-state index is -0.660. The van der Waals surface area contributed by atoms with E-state index in [4.69, 9.17) is 32.7 Å². The van der Waals surface area contributed by atoms with Crippen molar-refractivity contribution in [2.45, 2.75) is 13.5 Å². The van der Waals surface area contributed by atoms with Crippen molar-refractivity contribution in [3.05, 3.63) is 56.0 Å². The third kappa shape index (κ3) is 6.02. The molecule has 2 rings (SSSR count). The summed E-state index contributed by atoms with van der Waals surface area (Å²) in [6.45, 7) is 2.48. The number of carbonyl (C=O) groups excluding carboxylic acids is 1. The first-order chi connectivity index (χ1) is 13.0.